The van der Waals surface area contributed by atoms with Crippen molar-refractivity contribution >= 4 is 11.6 Å². The molecule has 0 radical (unpaired) electrons. The van der Waals surface area contributed by atoms with E-state index in [0.717, 1.165) is 6.07 Å². The van der Waals surface area contributed by atoms with Gasteiger partial charge in [-0.1, -0.05) is 45.4 Å². The molecule has 1 heterocycles. The van der Waals surface area contributed by atoms with Crippen LogP contribution in [0.3, 0.4) is 0 Å². The quantitative estimate of drug-likeness (QED) is 0.559. The summed E-state index contributed by atoms with van der Waals surface area (Å²) in [7, 11) is 0. The third-order valence-electron chi connectivity index (χ3n) is 4.73. The van der Waals surface area contributed by atoms with Gasteiger partial charge in [0, 0.05) is 0 Å². The van der Waals surface area contributed by atoms with Crippen LogP contribution in [0.15, 0.2) is 12.1 Å². The van der Waals surface area contributed by atoms with E-state index in [4.69, 9.17) is 16.3 Å². The SMILES string of the molecule is C[C@@H]([C@@H]1CC[C@H](c2ccc(Cl)c(F)c2C(F)(F)F)O1)C(C)(C)C. The van der Waals surface area contributed by atoms with Gasteiger partial charge in [-0.25, -0.2) is 4.39 Å². The fraction of sp³-hybridized carbons (Fsp3) is 0.647. The minimum Gasteiger partial charge on any atom is -0.370 e. The van der Waals surface area contributed by atoms with Crippen molar-refractivity contribution in [2.45, 2.75) is 58.9 Å². The summed E-state index contributed by atoms with van der Waals surface area (Å²) >= 11 is 5.52. The first kappa shape index (κ1) is 18.5. The van der Waals surface area contributed by atoms with E-state index < -0.39 is 28.7 Å². The minimum absolute atomic E-state index is 0.0162. The molecular weight excluding hydrogens is 332 g/mol. The Morgan fingerprint density at radius 3 is 2.30 bits per heavy atom. The van der Waals surface area contributed by atoms with Gasteiger partial charge in [-0.15, -0.1) is 0 Å². The van der Waals surface area contributed by atoms with Crippen molar-refractivity contribution < 1.29 is 22.3 Å². The van der Waals surface area contributed by atoms with Crippen molar-refractivity contribution in [1.29, 1.82) is 0 Å². The average Bonchev–Trinajstić information content (AvgIpc) is 2.87. The van der Waals surface area contributed by atoms with E-state index in [1.165, 1.54) is 6.07 Å². The zero-order valence-electron chi connectivity index (χ0n) is 13.6. The molecule has 130 valence electrons. The molecule has 2 rings (SSSR count). The predicted molar refractivity (Wildman–Crippen MR) is 81.9 cm³/mol. The van der Waals surface area contributed by atoms with E-state index in [1.807, 2.05) is 6.92 Å². The molecule has 0 unspecified atom stereocenters. The third-order valence-corrected chi connectivity index (χ3v) is 5.03. The van der Waals surface area contributed by atoms with Crippen LogP contribution in [0.2, 0.25) is 5.02 Å². The summed E-state index contributed by atoms with van der Waals surface area (Å²) in [5.41, 5.74) is -1.49. The molecule has 1 saturated heterocycles. The largest absolute Gasteiger partial charge is 0.419 e. The van der Waals surface area contributed by atoms with Gasteiger partial charge in [0.2, 0.25) is 0 Å². The normalized spacial score (nSPS) is 24.0. The molecule has 1 aliphatic heterocycles. The number of hydrogen-bond acceptors (Lipinski definition) is 1. The van der Waals surface area contributed by atoms with Crippen molar-refractivity contribution in [2.75, 3.05) is 0 Å². The highest BCUT2D eigenvalue weighted by molar-refractivity contribution is 6.30. The van der Waals surface area contributed by atoms with Crippen LogP contribution in [0.5, 0.6) is 0 Å². The second-order valence-electron chi connectivity index (χ2n) is 7.22. The maximum absolute atomic E-state index is 13.9. The molecule has 1 aliphatic rings. The lowest BCUT2D eigenvalue weighted by Crippen LogP contribution is -2.29. The van der Waals surface area contributed by atoms with E-state index in [9.17, 15) is 17.6 Å². The summed E-state index contributed by atoms with van der Waals surface area (Å²) in [6.45, 7) is 8.23. The zero-order chi connectivity index (χ0) is 17.6. The van der Waals surface area contributed by atoms with E-state index in [1.54, 1.807) is 0 Å². The molecule has 0 bridgehead atoms. The van der Waals surface area contributed by atoms with Gasteiger partial charge in [0.05, 0.1) is 22.8 Å². The maximum Gasteiger partial charge on any atom is 0.419 e. The van der Waals surface area contributed by atoms with Gasteiger partial charge in [-0.2, -0.15) is 13.2 Å². The Balaban J connectivity index is 2.33. The summed E-state index contributed by atoms with van der Waals surface area (Å²) < 4.78 is 59.5. The average molecular weight is 353 g/mol. The van der Waals surface area contributed by atoms with E-state index in [-0.39, 0.29) is 23.0 Å². The predicted octanol–water partition coefficient (Wildman–Crippen LogP) is 6.40. The first-order valence-electron chi connectivity index (χ1n) is 7.63. The molecule has 6 heteroatoms. The molecule has 1 aromatic rings. The van der Waals surface area contributed by atoms with Crippen LogP contribution in [0, 0.1) is 17.2 Å². The van der Waals surface area contributed by atoms with E-state index >= 15 is 0 Å². The van der Waals surface area contributed by atoms with Gasteiger partial charge < -0.3 is 4.74 Å². The van der Waals surface area contributed by atoms with Gasteiger partial charge in [0.1, 0.15) is 0 Å². The van der Waals surface area contributed by atoms with Crippen molar-refractivity contribution in [3.05, 3.63) is 34.1 Å². The first-order chi connectivity index (χ1) is 10.4. The lowest BCUT2D eigenvalue weighted by Gasteiger charge is -2.32. The van der Waals surface area contributed by atoms with Gasteiger partial charge >= 0.3 is 6.18 Å². The number of halogens is 5. The highest BCUT2D eigenvalue weighted by atomic mass is 35.5. The standard InChI is InChI=1S/C17H21ClF4O/c1-9(16(2,3)4)12-7-8-13(23-12)10-5-6-11(18)15(19)14(10)17(20,21)22/h5-6,9,12-13H,7-8H2,1-4H3/t9-,12-,13+/m0/s1. The van der Waals surface area contributed by atoms with Crippen LogP contribution < -0.4 is 0 Å². The van der Waals surface area contributed by atoms with Gasteiger partial charge in [0.25, 0.3) is 0 Å². The second-order valence-corrected chi connectivity index (χ2v) is 7.63. The molecule has 0 aliphatic carbocycles. The molecule has 1 nitrogen and oxygen atoms in total. The number of benzene rings is 1. The zero-order valence-corrected chi connectivity index (χ0v) is 14.4. The van der Waals surface area contributed by atoms with E-state index in [2.05, 4.69) is 20.8 Å². The fourth-order valence-electron chi connectivity index (χ4n) is 2.94. The minimum atomic E-state index is -4.80. The van der Waals surface area contributed by atoms with Gasteiger partial charge in [-0.05, 0) is 35.8 Å². The molecular formula is C17H21ClF4O. The summed E-state index contributed by atoms with van der Waals surface area (Å²) in [5.74, 6) is -1.24. The summed E-state index contributed by atoms with van der Waals surface area (Å²) in [5, 5.41) is -0.529. The molecule has 23 heavy (non-hydrogen) atoms. The smallest absolute Gasteiger partial charge is 0.370 e. The third kappa shape index (κ3) is 3.82. The molecule has 1 aromatic carbocycles. The Morgan fingerprint density at radius 1 is 1.17 bits per heavy atom. The Morgan fingerprint density at radius 2 is 1.78 bits per heavy atom. The van der Waals surface area contributed by atoms with Crippen LogP contribution in [0.25, 0.3) is 0 Å². The van der Waals surface area contributed by atoms with Crippen LogP contribution in [0.4, 0.5) is 17.6 Å². The Labute approximate surface area is 139 Å². The highest BCUT2D eigenvalue weighted by Crippen LogP contribution is 2.46. The maximum atomic E-state index is 13.9. The monoisotopic (exact) mass is 352 g/mol. The van der Waals surface area contributed by atoms with Crippen LogP contribution in [-0.2, 0) is 10.9 Å². The second kappa shape index (κ2) is 6.25. The number of ether oxygens (including phenoxy) is 1. The molecule has 1 fully saturated rings. The summed E-state index contributed by atoms with van der Waals surface area (Å²) in [6, 6.07) is 2.38. The molecule has 0 N–H and O–H groups in total. The van der Waals surface area contributed by atoms with Gasteiger partial charge in [-0.3, -0.25) is 0 Å². The van der Waals surface area contributed by atoms with Crippen molar-refractivity contribution in [1.82, 2.24) is 0 Å². The Bertz CT molecular complexity index is 577. The van der Waals surface area contributed by atoms with Crippen molar-refractivity contribution in [3.63, 3.8) is 0 Å². The Kier molecular flexibility index (Phi) is 5.03. The molecule has 0 amide bonds. The van der Waals surface area contributed by atoms with E-state index in [0.29, 0.717) is 12.8 Å². The van der Waals surface area contributed by atoms with Crippen LogP contribution >= 0.6 is 11.6 Å². The summed E-state index contributed by atoms with van der Waals surface area (Å²) in [6.07, 6.45) is -4.60. The molecule has 0 saturated carbocycles. The molecule has 0 spiro atoms. The topological polar surface area (TPSA) is 9.23 Å². The molecule has 0 aromatic heterocycles. The molecule has 3 atom stereocenters. The summed E-state index contributed by atoms with van der Waals surface area (Å²) in [4.78, 5) is 0. The van der Waals surface area contributed by atoms with Crippen molar-refractivity contribution in [3.8, 4) is 0 Å². The lowest BCUT2D eigenvalue weighted by atomic mass is 9.78. The number of rotatable bonds is 2. The number of alkyl halides is 3. The Hall–Kier alpha value is -0.810. The first-order valence-corrected chi connectivity index (χ1v) is 8.01. The van der Waals surface area contributed by atoms with Crippen LogP contribution in [0.1, 0.15) is 57.8 Å². The van der Waals surface area contributed by atoms with Crippen molar-refractivity contribution in [2.24, 2.45) is 11.3 Å². The lowest BCUT2D eigenvalue weighted by molar-refractivity contribution is -0.142. The fourth-order valence-corrected chi connectivity index (χ4v) is 3.10. The highest BCUT2D eigenvalue weighted by Gasteiger charge is 2.43. The van der Waals surface area contributed by atoms with Gasteiger partial charge in [0.15, 0.2) is 5.82 Å². The van der Waals surface area contributed by atoms with Crippen LogP contribution in [-0.4, -0.2) is 6.10 Å². The number of hydrogen-bond donors (Lipinski definition) is 0.